The van der Waals surface area contributed by atoms with E-state index in [0.717, 1.165) is 32.7 Å². The van der Waals surface area contributed by atoms with Gasteiger partial charge in [-0.05, 0) is 37.7 Å². The van der Waals surface area contributed by atoms with Crippen molar-refractivity contribution >= 4 is 28.3 Å². The molecule has 0 saturated carbocycles. The van der Waals surface area contributed by atoms with Crippen LogP contribution in [0.2, 0.25) is 0 Å². The quantitative estimate of drug-likeness (QED) is 0.931. The molecule has 1 aromatic carbocycles. The first kappa shape index (κ1) is 15.9. The number of carbonyl (C=O) groups is 1. The second-order valence-electron chi connectivity index (χ2n) is 5.57. The van der Waals surface area contributed by atoms with E-state index in [9.17, 15) is 4.79 Å². The molecule has 1 aliphatic rings. The van der Waals surface area contributed by atoms with Crippen LogP contribution in [0, 0.1) is 6.92 Å². The van der Waals surface area contributed by atoms with Crippen molar-refractivity contribution in [2.45, 2.75) is 13.8 Å². The topological polar surface area (TPSA) is 61.4 Å². The average molecular weight is 331 g/mol. The molecule has 0 atom stereocenters. The number of hydrogen-bond donors (Lipinski definition) is 1. The Kier molecular flexibility index (Phi) is 4.88. The summed E-state index contributed by atoms with van der Waals surface area (Å²) in [6, 6.07) is 7.76. The molecule has 122 valence electrons. The van der Waals surface area contributed by atoms with E-state index < -0.39 is 0 Å². The molecule has 0 spiro atoms. The third-order valence-electron chi connectivity index (χ3n) is 4.06. The number of carbonyl (C=O) groups excluding carboxylic acids is 1. The maximum Gasteiger partial charge on any atom is 0.257 e. The third-order valence-corrected chi connectivity index (χ3v) is 4.78. The number of rotatable bonds is 4. The van der Waals surface area contributed by atoms with Crippen molar-refractivity contribution in [2.75, 3.05) is 42.9 Å². The van der Waals surface area contributed by atoms with Crippen molar-refractivity contribution in [3.8, 4) is 0 Å². The number of anilines is 2. The van der Waals surface area contributed by atoms with Crippen LogP contribution >= 0.6 is 11.5 Å². The Bertz CT molecular complexity index is 661. The highest BCUT2D eigenvalue weighted by Gasteiger charge is 2.16. The Hall–Kier alpha value is -1.99. The Labute approximate surface area is 140 Å². The average Bonchev–Trinajstić information content (AvgIpc) is 3.00. The Morgan fingerprint density at radius 2 is 1.91 bits per heavy atom. The van der Waals surface area contributed by atoms with Crippen LogP contribution in [0.25, 0.3) is 0 Å². The lowest BCUT2D eigenvalue weighted by Crippen LogP contribution is -2.46. The smallest absolute Gasteiger partial charge is 0.257 e. The zero-order chi connectivity index (χ0) is 16.2. The van der Waals surface area contributed by atoms with E-state index in [2.05, 4.69) is 31.4 Å². The molecule has 2 heterocycles. The number of hydrogen-bond acceptors (Lipinski definition) is 6. The van der Waals surface area contributed by atoms with Crippen LogP contribution < -0.4 is 10.2 Å². The molecule has 0 bridgehead atoms. The van der Waals surface area contributed by atoms with Gasteiger partial charge in [0.05, 0.1) is 0 Å². The number of benzene rings is 1. The Morgan fingerprint density at radius 1 is 1.22 bits per heavy atom. The highest BCUT2D eigenvalue weighted by molar-refractivity contribution is 7.09. The summed E-state index contributed by atoms with van der Waals surface area (Å²) >= 11 is 1.19. The van der Waals surface area contributed by atoms with Gasteiger partial charge in [-0.1, -0.05) is 6.92 Å². The fourth-order valence-corrected chi connectivity index (χ4v) is 3.23. The summed E-state index contributed by atoms with van der Waals surface area (Å²) in [5, 5.41) is 3.31. The van der Waals surface area contributed by atoms with Gasteiger partial charge < -0.3 is 9.80 Å². The lowest BCUT2D eigenvalue weighted by Gasteiger charge is -2.35. The third kappa shape index (κ3) is 3.86. The summed E-state index contributed by atoms with van der Waals surface area (Å²) in [4.78, 5) is 21.2. The zero-order valence-corrected chi connectivity index (χ0v) is 14.3. The number of aryl methyl sites for hydroxylation is 1. The summed E-state index contributed by atoms with van der Waals surface area (Å²) in [6.07, 6.45) is 0. The Morgan fingerprint density at radius 3 is 2.48 bits per heavy atom. The number of nitrogens with one attached hydrogen (secondary N) is 1. The number of nitrogens with zero attached hydrogens (tertiary/aromatic N) is 4. The fraction of sp³-hybridized carbons (Fsp3) is 0.438. The van der Waals surface area contributed by atoms with Crippen molar-refractivity contribution in [1.29, 1.82) is 0 Å². The first-order chi connectivity index (χ1) is 11.2. The molecule has 1 aliphatic heterocycles. The SMILES string of the molecule is CCN1CCN(c2ccc(C(=O)Nc3nc(C)ns3)cc2)CC1. The van der Waals surface area contributed by atoms with Crippen molar-refractivity contribution in [1.82, 2.24) is 14.3 Å². The van der Waals surface area contributed by atoms with Crippen LogP contribution in [0.15, 0.2) is 24.3 Å². The minimum Gasteiger partial charge on any atom is -0.369 e. The number of amides is 1. The largest absolute Gasteiger partial charge is 0.369 e. The van der Waals surface area contributed by atoms with Crippen LogP contribution in [0.4, 0.5) is 10.8 Å². The van der Waals surface area contributed by atoms with Crippen LogP contribution in [-0.2, 0) is 0 Å². The monoisotopic (exact) mass is 331 g/mol. The highest BCUT2D eigenvalue weighted by atomic mass is 32.1. The molecule has 0 aliphatic carbocycles. The maximum atomic E-state index is 12.2. The van der Waals surface area contributed by atoms with Crippen LogP contribution in [0.3, 0.4) is 0 Å². The van der Waals surface area contributed by atoms with E-state index in [-0.39, 0.29) is 5.91 Å². The molecule has 6 nitrogen and oxygen atoms in total. The normalized spacial score (nSPS) is 15.7. The molecule has 3 rings (SSSR count). The van der Waals surface area contributed by atoms with E-state index in [1.54, 1.807) is 6.92 Å². The van der Waals surface area contributed by atoms with Gasteiger partial charge in [-0.2, -0.15) is 4.37 Å². The molecular formula is C16H21N5OS. The Balaban J connectivity index is 1.61. The lowest BCUT2D eigenvalue weighted by molar-refractivity contribution is 0.102. The minimum atomic E-state index is -0.150. The lowest BCUT2D eigenvalue weighted by atomic mass is 10.1. The van der Waals surface area contributed by atoms with Crippen molar-refractivity contribution in [3.63, 3.8) is 0 Å². The summed E-state index contributed by atoms with van der Waals surface area (Å²) in [6.45, 7) is 9.36. The van der Waals surface area contributed by atoms with E-state index in [1.807, 2.05) is 24.3 Å². The second-order valence-corrected chi connectivity index (χ2v) is 6.32. The predicted molar refractivity (Wildman–Crippen MR) is 93.4 cm³/mol. The van der Waals surface area contributed by atoms with Gasteiger partial charge in [0.2, 0.25) is 5.13 Å². The molecule has 1 saturated heterocycles. The summed E-state index contributed by atoms with van der Waals surface area (Å²) in [7, 11) is 0. The minimum absolute atomic E-state index is 0.150. The van der Waals surface area contributed by atoms with Gasteiger partial charge >= 0.3 is 0 Å². The van der Waals surface area contributed by atoms with E-state index in [0.29, 0.717) is 16.5 Å². The van der Waals surface area contributed by atoms with E-state index >= 15 is 0 Å². The van der Waals surface area contributed by atoms with Gasteiger partial charge in [0.1, 0.15) is 5.82 Å². The molecule has 2 aromatic rings. The van der Waals surface area contributed by atoms with Crippen LogP contribution in [0.5, 0.6) is 0 Å². The van der Waals surface area contributed by atoms with E-state index in [1.165, 1.54) is 17.2 Å². The molecule has 1 N–H and O–H groups in total. The van der Waals surface area contributed by atoms with Gasteiger partial charge in [0.25, 0.3) is 5.91 Å². The summed E-state index contributed by atoms with van der Waals surface area (Å²) < 4.78 is 4.06. The van der Waals surface area contributed by atoms with E-state index in [4.69, 9.17) is 0 Å². The maximum absolute atomic E-state index is 12.2. The highest BCUT2D eigenvalue weighted by Crippen LogP contribution is 2.18. The fourth-order valence-electron chi connectivity index (χ4n) is 2.66. The number of piperazine rings is 1. The molecule has 0 unspecified atom stereocenters. The standard InChI is InChI=1S/C16H21N5OS/c1-3-20-8-10-21(11-9-20)14-6-4-13(5-7-14)15(22)18-16-17-12(2)19-23-16/h4-7H,3,8-11H2,1-2H3,(H,17,18,19,22). The van der Waals surface area contributed by atoms with Crippen LogP contribution in [0.1, 0.15) is 23.1 Å². The molecule has 1 aromatic heterocycles. The number of aromatic nitrogens is 2. The molecule has 0 radical (unpaired) electrons. The summed E-state index contributed by atoms with van der Waals surface area (Å²) in [5.41, 5.74) is 1.80. The van der Waals surface area contributed by atoms with Crippen molar-refractivity contribution < 1.29 is 4.79 Å². The van der Waals surface area contributed by atoms with Crippen molar-refractivity contribution in [2.24, 2.45) is 0 Å². The predicted octanol–water partition coefficient (Wildman–Crippen LogP) is 2.24. The van der Waals surface area contributed by atoms with Gasteiger partial charge in [-0.15, -0.1) is 0 Å². The molecule has 23 heavy (non-hydrogen) atoms. The molecule has 7 heteroatoms. The van der Waals surface area contributed by atoms with Gasteiger partial charge in [-0.3, -0.25) is 10.1 Å². The van der Waals surface area contributed by atoms with Gasteiger partial charge in [-0.25, -0.2) is 4.98 Å². The molecular weight excluding hydrogens is 310 g/mol. The van der Waals surface area contributed by atoms with Gasteiger partial charge in [0.15, 0.2) is 0 Å². The summed E-state index contributed by atoms with van der Waals surface area (Å²) in [5.74, 6) is 0.523. The zero-order valence-electron chi connectivity index (χ0n) is 13.5. The van der Waals surface area contributed by atoms with Crippen LogP contribution in [-0.4, -0.2) is 52.9 Å². The second kappa shape index (κ2) is 7.06. The molecule has 1 fully saturated rings. The first-order valence-corrected chi connectivity index (χ1v) is 8.62. The van der Waals surface area contributed by atoms with Gasteiger partial charge in [0, 0.05) is 49.0 Å². The molecule has 1 amide bonds. The number of likely N-dealkylation sites (N-methyl/N-ethyl adjacent to an activating group) is 1. The van der Waals surface area contributed by atoms with Crippen molar-refractivity contribution in [3.05, 3.63) is 35.7 Å². The first-order valence-electron chi connectivity index (χ1n) is 7.84.